The minimum Gasteiger partial charge on any atom is -0.475 e. The Balaban J connectivity index is 1.51. The highest BCUT2D eigenvalue weighted by Crippen LogP contribution is 2.34. The number of nitrogens with zero attached hydrogens (tertiary/aromatic N) is 5. The van der Waals surface area contributed by atoms with Crippen molar-refractivity contribution in [3.63, 3.8) is 0 Å². The second-order valence-corrected chi connectivity index (χ2v) is 6.64. The van der Waals surface area contributed by atoms with Crippen molar-refractivity contribution in [1.82, 2.24) is 25.0 Å². The van der Waals surface area contributed by atoms with Crippen molar-refractivity contribution < 1.29 is 14.0 Å². The van der Waals surface area contributed by atoms with Gasteiger partial charge in [-0.3, -0.25) is 9.88 Å². The van der Waals surface area contributed by atoms with E-state index in [1.54, 1.807) is 13.3 Å². The monoisotopic (exact) mass is 381 g/mol. The lowest BCUT2D eigenvalue weighted by Gasteiger charge is -2.21. The predicted octanol–water partition coefficient (Wildman–Crippen LogP) is 2.89. The van der Waals surface area contributed by atoms with Gasteiger partial charge in [-0.05, 0) is 49.2 Å². The molecule has 4 rings (SSSR count). The molecule has 8 heteroatoms. The highest BCUT2D eigenvalue weighted by atomic mass is 16.5. The Labute approximate surface area is 163 Å². The van der Waals surface area contributed by atoms with E-state index in [1.807, 2.05) is 36.7 Å². The largest absolute Gasteiger partial charge is 0.475 e. The molecule has 0 amide bonds. The molecule has 8 nitrogen and oxygen atoms in total. The fourth-order valence-electron chi connectivity index (χ4n) is 3.40. The first-order chi connectivity index (χ1) is 13.8. The van der Waals surface area contributed by atoms with Crippen LogP contribution in [0.5, 0.6) is 5.88 Å². The number of hydrogen-bond donors (Lipinski definition) is 0. The molecule has 3 aromatic heterocycles. The number of pyridine rings is 2. The molecule has 1 aliphatic rings. The Morgan fingerprint density at radius 1 is 1.18 bits per heavy atom. The van der Waals surface area contributed by atoms with Crippen LogP contribution in [0, 0.1) is 0 Å². The number of likely N-dealkylation sites (tertiary alicyclic amines) is 1. The van der Waals surface area contributed by atoms with Crippen LogP contribution in [0.4, 0.5) is 0 Å². The summed E-state index contributed by atoms with van der Waals surface area (Å²) in [5, 5.41) is 4.19. The molecule has 1 aliphatic heterocycles. The van der Waals surface area contributed by atoms with Gasteiger partial charge in [0.2, 0.25) is 17.6 Å². The van der Waals surface area contributed by atoms with Gasteiger partial charge < -0.3 is 14.0 Å². The molecule has 1 fully saturated rings. The first-order valence-electron chi connectivity index (χ1n) is 9.39. The average Bonchev–Trinajstić information content (AvgIpc) is 3.39. The summed E-state index contributed by atoms with van der Waals surface area (Å²) in [6, 6.07) is 7.90. The van der Waals surface area contributed by atoms with Crippen LogP contribution in [0.1, 0.15) is 30.3 Å². The molecule has 4 heterocycles. The van der Waals surface area contributed by atoms with Crippen molar-refractivity contribution in [1.29, 1.82) is 0 Å². The topological polar surface area (TPSA) is 86.4 Å². The zero-order chi connectivity index (χ0) is 19.2. The normalized spacial score (nSPS) is 17.1. The van der Waals surface area contributed by atoms with Crippen LogP contribution in [-0.4, -0.2) is 51.9 Å². The van der Waals surface area contributed by atoms with E-state index in [-0.39, 0.29) is 6.04 Å². The van der Waals surface area contributed by atoms with Crippen molar-refractivity contribution >= 4 is 0 Å². The van der Waals surface area contributed by atoms with E-state index in [0.717, 1.165) is 25.9 Å². The lowest BCUT2D eigenvalue weighted by atomic mass is 10.2. The SMILES string of the molecule is COCCOc1ncccc1-c1noc([C@@H]2CCCN2Cc2ccncc2)n1. The third-order valence-corrected chi connectivity index (χ3v) is 4.76. The number of aromatic nitrogens is 4. The van der Waals surface area contributed by atoms with Crippen LogP contribution in [0.3, 0.4) is 0 Å². The van der Waals surface area contributed by atoms with Crippen molar-refractivity contribution in [2.45, 2.75) is 25.4 Å². The van der Waals surface area contributed by atoms with E-state index in [1.165, 1.54) is 5.56 Å². The molecule has 0 aromatic carbocycles. The Hall–Kier alpha value is -2.84. The standard InChI is InChI=1S/C20H23N5O3/c1-26-12-13-27-19-16(4-2-8-22-19)18-23-20(28-24-18)17-5-3-11-25(17)14-15-6-9-21-10-7-15/h2,4,6-10,17H,3,5,11-14H2,1H3/t17-/m0/s1. The van der Waals surface area contributed by atoms with Gasteiger partial charge in [-0.2, -0.15) is 4.98 Å². The van der Waals surface area contributed by atoms with Crippen molar-refractivity contribution in [2.24, 2.45) is 0 Å². The van der Waals surface area contributed by atoms with Gasteiger partial charge in [0.05, 0.1) is 18.2 Å². The second-order valence-electron chi connectivity index (χ2n) is 6.64. The smallest absolute Gasteiger partial charge is 0.244 e. The van der Waals surface area contributed by atoms with Crippen LogP contribution < -0.4 is 4.74 Å². The first-order valence-corrected chi connectivity index (χ1v) is 9.39. The van der Waals surface area contributed by atoms with Crippen LogP contribution in [0.15, 0.2) is 47.4 Å². The van der Waals surface area contributed by atoms with E-state index in [0.29, 0.717) is 36.4 Å². The maximum atomic E-state index is 5.69. The van der Waals surface area contributed by atoms with Crippen LogP contribution in [0.2, 0.25) is 0 Å². The molecular formula is C20H23N5O3. The van der Waals surface area contributed by atoms with E-state index in [4.69, 9.17) is 14.0 Å². The van der Waals surface area contributed by atoms with Gasteiger partial charge in [-0.15, -0.1) is 0 Å². The van der Waals surface area contributed by atoms with Crippen LogP contribution in [0.25, 0.3) is 11.4 Å². The Kier molecular flexibility index (Phi) is 5.89. The Morgan fingerprint density at radius 3 is 2.93 bits per heavy atom. The van der Waals surface area contributed by atoms with Gasteiger partial charge in [0.1, 0.15) is 6.61 Å². The van der Waals surface area contributed by atoms with Crippen LogP contribution >= 0.6 is 0 Å². The third-order valence-electron chi connectivity index (χ3n) is 4.76. The minimum absolute atomic E-state index is 0.115. The molecule has 3 aromatic rings. The summed E-state index contributed by atoms with van der Waals surface area (Å²) in [4.78, 5) is 15.4. The Morgan fingerprint density at radius 2 is 2.07 bits per heavy atom. The summed E-state index contributed by atoms with van der Waals surface area (Å²) >= 11 is 0. The molecular weight excluding hydrogens is 358 g/mol. The van der Waals surface area contributed by atoms with Gasteiger partial charge >= 0.3 is 0 Å². The number of rotatable bonds is 8. The van der Waals surface area contributed by atoms with Crippen molar-refractivity contribution in [2.75, 3.05) is 26.9 Å². The molecule has 0 N–H and O–H groups in total. The molecule has 1 atom stereocenters. The maximum Gasteiger partial charge on any atom is 0.244 e. The quantitative estimate of drug-likeness (QED) is 0.551. The second kappa shape index (κ2) is 8.90. The molecule has 0 radical (unpaired) electrons. The summed E-state index contributed by atoms with van der Waals surface area (Å²) in [6.07, 6.45) is 7.42. The van der Waals surface area contributed by atoms with Crippen LogP contribution in [-0.2, 0) is 11.3 Å². The van der Waals surface area contributed by atoms with E-state index >= 15 is 0 Å². The van der Waals surface area contributed by atoms with Gasteiger partial charge in [0, 0.05) is 32.2 Å². The van der Waals surface area contributed by atoms with Gasteiger partial charge in [-0.1, -0.05) is 5.16 Å². The highest BCUT2D eigenvalue weighted by Gasteiger charge is 2.31. The van der Waals surface area contributed by atoms with Crippen molar-refractivity contribution in [3.05, 3.63) is 54.3 Å². The van der Waals surface area contributed by atoms with E-state index in [2.05, 4.69) is 25.0 Å². The fraction of sp³-hybridized carbons (Fsp3) is 0.400. The lowest BCUT2D eigenvalue weighted by molar-refractivity contribution is 0.144. The summed E-state index contributed by atoms with van der Waals surface area (Å²) in [5.41, 5.74) is 1.94. The molecule has 146 valence electrons. The zero-order valence-corrected chi connectivity index (χ0v) is 15.8. The minimum atomic E-state index is 0.115. The van der Waals surface area contributed by atoms with E-state index in [9.17, 15) is 0 Å². The molecule has 0 bridgehead atoms. The van der Waals surface area contributed by atoms with Gasteiger partial charge in [-0.25, -0.2) is 4.98 Å². The molecule has 0 spiro atoms. The number of methoxy groups -OCH3 is 1. The highest BCUT2D eigenvalue weighted by molar-refractivity contribution is 5.60. The van der Waals surface area contributed by atoms with Crippen molar-refractivity contribution in [3.8, 4) is 17.3 Å². The summed E-state index contributed by atoms with van der Waals surface area (Å²) in [6.45, 7) is 2.74. The number of ether oxygens (including phenoxy) is 2. The average molecular weight is 381 g/mol. The Bertz CT molecular complexity index is 886. The molecule has 0 unspecified atom stereocenters. The first kappa shape index (κ1) is 18.5. The summed E-state index contributed by atoms with van der Waals surface area (Å²) in [5.74, 6) is 1.60. The molecule has 1 saturated heterocycles. The third kappa shape index (κ3) is 4.18. The predicted molar refractivity (Wildman–Crippen MR) is 102 cm³/mol. The number of hydrogen-bond acceptors (Lipinski definition) is 8. The van der Waals surface area contributed by atoms with Gasteiger partial charge in [0.25, 0.3) is 0 Å². The molecule has 0 saturated carbocycles. The van der Waals surface area contributed by atoms with E-state index < -0.39 is 0 Å². The zero-order valence-electron chi connectivity index (χ0n) is 15.8. The summed E-state index contributed by atoms with van der Waals surface area (Å²) in [7, 11) is 1.63. The lowest BCUT2D eigenvalue weighted by Crippen LogP contribution is -2.23. The van der Waals surface area contributed by atoms with Gasteiger partial charge in [0.15, 0.2) is 0 Å². The molecule has 28 heavy (non-hydrogen) atoms. The fourth-order valence-corrected chi connectivity index (χ4v) is 3.40. The molecule has 0 aliphatic carbocycles. The maximum absolute atomic E-state index is 5.69. The summed E-state index contributed by atoms with van der Waals surface area (Å²) < 4.78 is 16.4.